The zero-order valence-electron chi connectivity index (χ0n) is 8.79. The monoisotopic (exact) mass is 254 g/mol. The average Bonchev–Trinajstić information content (AvgIpc) is 2.29. The predicted octanol–water partition coefficient (Wildman–Crippen LogP) is 4.20. The van der Waals surface area contributed by atoms with Gasteiger partial charge in [-0.25, -0.2) is 8.78 Å². The van der Waals surface area contributed by atoms with Crippen molar-refractivity contribution in [3.63, 3.8) is 0 Å². The molecule has 0 N–H and O–H groups in total. The van der Waals surface area contributed by atoms with Crippen molar-refractivity contribution in [2.45, 2.75) is 6.61 Å². The lowest BCUT2D eigenvalue weighted by atomic mass is 10.2. The summed E-state index contributed by atoms with van der Waals surface area (Å²) < 4.78 is 31.8. The van der Waals surface area contributed by atoms with E-state index < -0.39 is 17.4 Å². The maximum Gasteiger partial charge on any atom is 0.191 e. The van der Waals surface area contributed by atoms with Gasteiger partial charge < -0.3 is 4.74 Å². The first-order valence-corrected chi connectivity index (χ1v) is 5.36. The standard InChI is InChI=1S/C13H9ClF2O/c14-10-6-11(15)13(12(16)7-10)17-8-9-4-2-1-3-5-9/h1-7H,8H2. The average molecular weight is 255 g/mol. The Morgan fingerprint density at radius 2 is 1.59 bits per heavy atom. The Morgan fingerprint density at radius 1 is 1.00 bits per heavy atom. The molecule has 2 aromatic rings. The number of hydrogen-bond donors (Lipinski definition) is 0. The topological polar surface area (TPSA) is 9.23 Å². The molecule has 4 heteroatoms. The fourth-order valence-electron chi connectivity index (χ4n) is 1.40. The molecule has 0 bridgehead atoms. The maximum absolute atomic E-state index is 13.4. The SMILES string of the molecule is Fc1cc(Cl)cc(F)c1OCc1ccccc1. The molecule has 1 nitrogen and oxygen atoms in total. The van der Waals surface area contributed by atoms with E-state index in [0.29, 0.717) is 0 Å². The van der Waals surface area contributed by atoms with E-state index >= 15 is 0 Å². The summed E-state index contributed by atoms with van der Waals surface area (Å²) in [4.78, 5) is 0. The molecule has 0 unspecified atom stereocenters. The van der Waals surface area contributed by atoms with Crippen LogP contribution >= 0.6 is 11.6 Å². The lowest BCUT2D eigenvalue weighted by Crippen LogP contribution is -1.99. The Kier molecular flexibility index (Phi) is 3.59. The molecule has 2 rings (SSSR count). The Balaban J connectivity index is 2.15. The van der Waals surface area contributed by atoms with Crippen molar-refractivity contribution < 1.29 is 13.5 Å². The molecular formula is C13H9ClF2O. The fraction of sp³-hybridized carbons (Fsp3) is 0.0769. The predicted molar refractivity (Wildman–Crippen MR) is 62.1 cm³/mol. The molecule has 0 aliphatic heterocycles. The highest BCUT2D eigenvalue weighted by Gasteiger charge is 2.12. The van der Waals surface area contributed by atoms with Gasteiger partial charge in [0, 0.05) is 5.02 Å². The van der Waals surface area contributed by atoms with Crippen molar-refractivity contribution in [1.29, 1.82) is 0 Å². The molecule has 0 spiro atoms. The van der Waals surface area contributed by atoms with Crippen LogP contribution in [0.1, 0.15) is 5.56 Å². The van der Waals surface area contributed by atoms with E-state index in [1.807, 2.05) is 30.3 Å². The summed E-state index contributed by atoms with van der Waals surface area (Å²) in [5.74, 6) is -2.00. The minimum atomic E-state index is -0.800. The highest BCUT2D eigenvalue weighted by atomic mass is 35.5. The minimum Gasteiger partial charge on any atom is -0.483 e. The van der Waals surface area contributed by atoms with Crippen LogP contribution in [0.4, 0.5) is 8.78 Å². The van der Waals surface area contributed by atoms with Gasteiger partial charge >= 0.3 is 0 Å². The molecule has 0 saturated heterocycles. The van der Waals surface area contributed by atoms with E-state index in [4.69, 9.17) is 16.3 Å². The summed E-state index contributed by atoms with van der Waals surface area (Å²) >= 11 is 5.50. The number of halogens is 3. The van der Waals surface area contributed by atoms with E-state index in [1.165, 1.54) is 0 Å². The van der Waals surface area contributed by atoms with Gasteiger partial charge in [-0.1, -0.05) is 41.9 Å². The summed E-state index contributed by atoms with van der Waals surface area (Å²) in [6.45, 7) is 0.107. The van der Waals surface area contributed by atoms with Gasteiger partial charge in [-0.2, -0.15) is 0 Å². The van der Waals surface area contributed by atoms with Crippen molar-refractivity contribution in [1.82, 2.24) is 0 Å². The van der Waals surface area contributed by atoms with E-state index in [1.54, 1.807) is 0 Å². The van der Waals surface area contributed by atoms with E-state index in [-0.39, 0.29) is 11.6 Å². The molecule has 88 valence electrons. The first kappa shape index (κ1) is 11.9. The highest BCUT2D eigenvalue weighted by molar-refractivity contribution is 6.30. The van der Waals surface area contributed by atoms with E-state index in [9.17, 15) is 8.78 Å². The zero-order valence-corrected chi connectivity index (χ0v) is 9.55. The van der Waals surface area contributed by atoms with Crippen molar-refractivity contribution >= 4 is 11.6 Å². The lowest BCUT2D eigenvalue weighted by Gasteiger charge is -2.08. The summed E-state index contributed by atoms with van der Waals surface area (Å²) in [5, 5.41) is 0.00654. The second-order valence-corrected chi connectivity index (χ2v) is 3.91. The second kappa shape index (κ2) is 5.15. The van der Waals surface area contributed by atoms with Crippen LogP contribution in [-0.2, 0) is 6.61 Å². The molecule has 0 aromatic heterocycles. The first-order valence-electron chi connectivity index (χ1n) is 4.98. The number of benzene rings is 2. The van der Waals surface area contributed by atoms with Crippen LogP contribution in [0, 0.1) is 11.6 Å². The molecule has 0 fully saturated rings. The third-order valence-corrected chi connectivity index (χ3v) is 2.41. The molecular weight excluding hydrogens is 246 g/mol. The van der Waals surface area contributed by atoms with Crippen LogP contribution < -0.4 is 4.74 Å². The van der Waals surface area contributed by atoms with Gasteiger partial charge in [0.05, 0.1) is 0 Å². The second-order valence-electron chi connectivity index (χ2n) is 3.47. The number of hydrogen-bond acceptors (Lipinski definition) is 1. The van der Waals surface area contributed by atoms with Gasteiger partial charge in [-0.15, -0.1) is 0 Å². The number of rotatable bonds is 3. The van der Waals surface area contributed by atoms with Crippen LogP contribution in [0.25, 0.3) is 0 Å². The van der Waals surface area contributed by atoms with E-state index in [0.717, 1.165) is 17.7 Å². The zero-order chi connectivity index (χ0) is 12.3. The lowest BCUT2D eigenvalue weighted by molar-refractivity contribution is 0.274. The quantitative estimate of drug-likeness (QED) is 0.798. The molecule has 2 aromatic carbocycles. The Labute approximate surface area is 103 Å². The van der Waals surface area contributed by atoms with Crippen molar-refractivity contribution in [3.8, 4) is 5.75 Å². The van der Waals surface area contributed by atoms with Crippen molar-refractivity contribution in [3.05, 3.63) is 64.7 Å². The Hall–Kier alpha value is -1.61. The van der Waals surface area contributed by atoms with Gasteiger partial charge in [0.2, 0.25) is 0 Å². The maximum atomic E-state index is 13.4. The van der Waals surface area contributed by atoms with Gasteiger partial charge in [0.25, 0.3) is 0 Å². The third kappa shape index (κ3) is 2.94. The van der Waals surface area contributed by atoms with Gasteiger partial charge in [-0.05, 0) is 17.7 Å². The molecule has 0 radical (unpaired) electrons. The third-order valence-electron chi connectivity index (χ3n) is 2.19. The summed E-state index contributed by atoms with van der Waals surface area (Å²) in [5.41, 5.74) is 0.834. The summed E-state index contributed by atoms with van der Waals surface area (Å²) in [7, 11) is 0. The van der Waals surface area contributed by atoms with Gasteiger partial charge in [0.15, 0.2) is 17.4 Å². The van der Waals surface area contributed by atoms with Crippen LogP contribution in [0.15, 0.2) is 42.5 Å². The molecule has 0 heterocycles. The Morgan fingerprint density at radius 3 is 2.18 bits per heavy atom. The van der Waals surface area contributed by atoms with Crippen LogP contribution in [0.3, 0.4) is 0 Å². The van der Waals surface area contributed by atoms with Crippen LogP contribution in [-0.4, -0.2) is 0 Å². The fourth-order valence-corrected chi connectivity index (χ4v) is 1.59. The summed E-state index contributed by atoms with van der Waals surface area (Å²) in [6.07, 6.45) is 0. The van der Waals surface area contributed by atoms with Gasteiger partial charge in [-0.3, -0.25) is 0 Å². The molecule has 0 aliphatic rings. The first-order chi connectivity index (χ1) is 8.16. The van der Waals surface area contributed by atoms with Gasteiger partial charge in [0.1, 0.15) is 6.61 Å². The molecule has 0 amide bonds. The van der Waals surface area contributed by atoms with E-state index in [2.05, 4.69) is 0 Å². The van der Waals surface area contributed by atoms with Crippen LogP contribution in [0.5, 0.6) is 5.75 Å². The minimum absolute atomic E-state index is 0.00654. The van der Waals surface area contributed by atoms with Crippen molar-refractivity contribution in [2.75, 3.05) is 0 Å². The molecule has 17 heavy (non-hydrogen) atoms. The van der Waals surface area contributed by atoms with Crippen molar-refractivity contribution in [2.24, 2.45) is 0 Å². The molecule has 0 atom stereocenters. The molecule has 0 aliphatic carbocycles. The number of ether oxygens (including phenoxy) is 1. The Bertz CT molecular complexity index is 491. The highest BCUT2D eigenvalue weighted by Crippen LogP contribution is 2.26. The normalized spacial score (nSPS) is 10.3. The smallest absolute Gasteiger partial charge is 0.191 e. The molecule has 0 saturated carbocycles. The van der Waals surface area contributed by atoms with Crippen LogP contribution in [0.2, 0.25) is 5.02 Å². The summed E-state index contributed by atoms with van der Waals surface area (Å²) in [6, 6.07) is 11.2. The largest absolute Gasteiger partial charge is 0.483 e.